The molecule has 0 unspecified atom stereocenters. The van der Waals surface area contributed by atoms with Crippen LogP contribution in [0.3, 0.4) is 0 Å². The Labute approximate surface area is 119 Å². The molecular weight excluding hydrogens is 250 g/mol. The van der Waals surface area contributed by atoms with Gasteiger partial charge in [0.1, 0.15) is 5.75 Å². The molecule has 0 heterocycles. The van der Waals surface area contributed by atoms with Crippen molar-refractivity contribution in [2.75, 3.05) is 5.32 Å². The second kappa shape index (κ2) is 5.37. The lowest BCUT2D eigenvalue weighted by atomic mass is 10.0. The number of carbonyl (C=O) groups is 1. The quantitative estimate of drug-likeness (QED) is 0.832. The molecule has 0 bridgehead atoms. The summed E-state index contributed by atoms with van der Waals surface area (Å²) in [6, 6.07) is 14.0. The number of anilines is 1. The highest BCUT2D eigenvalue weighted by atomic mass is 16.3. The molecule has 0 fully saturated rings. The number of hydrogen-bond donors (Lipinski definition) is 2. The average Bonchev–Trinajstić information content (AvgIpc) is 2.37. The normalized spacial score (nSPS) is 11.2. The second-order valence-corrected chi connectivity index (χ2v) is 5.80. The summed E-state index contributed by atoms with van der Waals surface area (Å²) < 4.78 is 0. The maximum atomic E-state index is 12.3. The Morgan fingerprint density at radius 1 is 1.05 bits per heavy atom. The zero-order valence-corrected chi connectivity index (χ0v) is 12.0. The Morgan fingerprint density at radius 3 is 2.25 bits per heavy atom. The summed E-state index contributed by atoms with van der Waals surface area (Å²) in [5.74, 6) is -0.182. The fourth-order valence-corrected chi connectivity index (χ4v) is 1.98. The van der Waals surface area contributed by atoms with Crippen LogP contribution in [0.5, 0.6) is 5.75 Å². The van der Waals surface area contributed by atoms with E-state index in [1.807, 2.05) is 26.8 Å². The van der Waals surface area contributed by atoms with Crippen LogP contribution in [0.4, 0.5) is 5.69 Å². The van der Waals surface area contributed by atoms with Gasteiger partial charge in [0.25, 0.3) is 0 Å². The van der Waals surface area contributed by atoms with E-state index in [1.165, 1.54) is 0 Å². The Morgan fingerprint density at radius 2 is 1.70 bits per heavy atom. The average molecular weight is 269 g/mol. The monoisotopic (exact) mass is 269 g/mol. The molecule has 0 aromatic heterocycles. The van der Waals surface area contributed by atoms with Gasteiger partial charge in [0.05, 0.1) is 5.56 Å². The van der Waals surface area contributed by atoms with E-state index in [1.54, 1.807) is 42.5 Å². The van der Waals surface area contributed by atoms with Crippen LogP contribution in [0.25, 0.3) is 0 Å². The summed E-state index contributed by atoms with van der Waals surface area (Å²) in [5.41, 5.74) is 1.58. The van der Waals surface area contributed by atoms with Crippen LogP contribution in [0.2, 0.25) is 0 Å². The Hall–Kier alpha value is -2.29. The van der Waals surface area contributed by atoms with Crippen molar-refractivity contribution < 1.29 is 9.90 Å². The second-order valence-electron chi connectivity index (χ2n) is 5.80. The highest BCUT2D eigenvalue weighted by molar-refractivity contribution is 6.10. The van der Waals surface area contributed by atoms with Gasteiger partial charge in [0.15, 0.2) is 5.78 Å². The predicted octanol–water partition coefficient (Wildman–Crippen LogP) is 3.83. The number of benzene rings is 2. The number of nitrogens with one attached hydrogen (secondary N) is 1. The minimum Gasteiger partial charge on any atom is -0.507 e. The van der Waals surface area contributed by atoms with Gasteiger partial charge in [0, 0.05) is 22.9 Å². The molecule has 3 heteroatoms. The molecule has 2 aromatic rings. The summed E-state index contributed by atoms with van der Waals surface area (Å²) in [7, 11) is 0. The number of rotatable bonds is 3. The molecule has 0 amide bonds. The van der Waals surface area contributed by atoms with Gasteiger partial charge < -0.3 is 10.4 Å². The smallest absolute Gasteiger partial charge is 0.196 e. The van der Waals surface area contributed by atoms with Gasteiger partial charge in [0.2, 0.25) is 0 Å². The fraction of sp³-hybridized carbons (Fsp3) is 0.235. The molecule has 0 aliphatic heterocycles. The van der Waals surface area contributed by atoms with Crippen molar-refractivity contribution in [1.82, 2.24) is 0 Å². The third-order valence-corrected chi connectivity index (χ3v) is 2.80. The van der Waals surface area contributed by atoms with Crippen molar-refractivity contribution in [1.29, 1.82) is 0 Å². The summed E-state index contributed by atoms with van der Waals surface area (Å²) in [4.78, 5) is 12.3. The van der Waals surface area contributed by atoms with Crippen LogP contribution in [0.15, 0.2) is 48.5 Å². The summed E-state index contributed by atoms with van der Waals surface area (Å²) in [6.45, 7) is 6.10. The molecular formula is C17H19NO2. The van der Waals surface area contributed by atoms with E-state index in [4.69, 9.17) is 0 Å². The third-order valence-electron chi connectivity index (χ3n) is 2.80. The first-order valence-corrected chi connectivity index (χ1v) is 6.58. The SMILES string of the molecule is CC(C)(C)Nc1ccc(C(=O)c2ccccc2)c(O)c1. The molecule has 0 aliphatic carbocycles. The van der Waals surface area contributed by atoms with Gasteiger partial charge in [-0.1, -0.05) is 30.3 Å². The minimum atomic E-state index is -0.176. The van der Waals surface area contributed by atoms with Crippen molar-refractivity contribution in [2.24, 2.45) is 0 Å². The van der Waals surface area contributed by atoms with E-state index in [2.05, 4.69) is 5.32 Å². The van der Waals surface area contributed by atoms with Crippen LogP contribution in [-0.2, 0) is 0 Å². The van der Waals surface area contributed by atoms with Crippen LogP contribution in [0.1, 0.15) is 36.7 Å². The summed E-state index contributed by atoms with van der Waals surface area (Å²) >= 11 is 0. The number of aromatic hydroxyl groups is 1. The zero-order chi connectivity index (χ0) is 14.8. The number of carbonyl (C=O) groups excluding carboxylic acids is 1. The van der Waals surface area contributed by atoms with Gasteiger partial charge in [-0.3, -0.25) is 4.79 Å². The Kier molecular flexibility index (Phi) is 3.79. The van der Waals surface area contributed by atoms with Crippen LogP contribution in [-0.4, -0.2) is 16.4 Å². The standard InChI is InChI=1S/C17H19NO2/c1-17(2,3)18-13-9-10-14(15(19)11-13)16(20)12-7-5-4-6-8-12/h4-11,18-19H,1-3H3. The lowest BCUT2D eigenvalue weighted by molar-refractivity contribution is 0.103. The topological polar surface area (TPSA) is 49.3 Å². The van der Waals surface area contributed by atoms with E-state index in [0.717, 1.165) is 5.69 Å². The van der Waals surface area contributed by atoms with Gasteiger partial charge in [-0.05, 0) is 32.9 Å². The molecule has 0 aliphatic rings. The number of ketones is 1. The first-order valence-electron chi connectivity index (χ1n) is 6.58. The lowest BCUT2D eigenvalue weighted by Crippen LogP contribution is -2.25. The van der Waals surface area contributed by atoms with E-state index in [9.17, 15) is 9.90 Å². The Bertz CT molecular complexity index is 613. The lowest BCUT2D eigenvalue weighted by Gasteiger charge is -2.22. The van der Waals surface area contributed by atoms with Crippen molar-refractivity contribution in [2.45, 2.75) is 26.3 Å². The molecule has 2 N–H and O–H groups in total. The zero-order valence-electron chi connectivity index (χ0n) is 12.0. The highest BCUT2D eigenvalue weighted by Crippen LogP contribution is 2.26. The van der Waals surface area contributed by atoms with E-state index in [0.29, 0.717) is 11.1 Å². The third kappa shape index (κ3) is 3.38. The predicted molar refractivity (Wildman–Crippen MR) is 81.4 cm³/mol. The molecule has 3 nitrogen and oxygen atoms in total. The molecule has 0 radical (unpaired) electrons. The first-order chi connectivity index (χ1) is 9.37. The molecule has 2 aromatic carbocycles. The number of phenols is 1. The number of phenolic OH excluding ortho intramolecular Hbond substituents is 1. The van der Waals surface area contributed by atoms with Crippen molar-refractivity contribution in [3.05, 3.63) is 59.7 Å². The largest absolute Gasteiger partial charge is 0.507 e. The van der Waals surface area contributed by atoms with Gasteiger partial charge >= 0.3 is 0 Å². The van der Waals surface area contributed by atoms with Gasteiger partial charge in [-0.2, -0.15) is 0 Å². The van der Waals surface area contributed by atoms with Gasteiger partial charge in [-0.15, -0.1) is 0 Å². The minimum absolute atomic E-state index is 0.00639. The van der Waals surface area contributed by atoms with E-state index < -0.39 is 0 Å². The van der Waals surface area contributed by atoms with Crippen molar-refractivity contribution >= 4 is 11.5 Å². The molecule has 0 atom stereocenters. The molecule has 0 spiro atoms. The molecule has 104 valence electrons. The highest BCUT2D eigenvalue weighted by Gasteiger charge is 2.15. The first kappa shape index (κ1) is 14.1. The Balaban J connectivity index is 2.29. The maximum absolute atomic E-state index is 12.3. The van der Waals surface area contributed by atoms with Crippen LogP contribution >= 0.6 is 0 Å². The van der Waals surface area contributed by atoms with Crippen LogP contribution in [0, 0.1) is 0 Å². The van der Waals surface area contributed by atoms with Crippen molar-refractivity contribution in [3.8, 4) is 5.75 Å². The van der Waals surface area contributed by atoms with Gasteiger partial charge in [-0.25, -0.2) is 0 Å². The van der Waals surface area contributed by atoms with E-state index in [-0.39, 0.29) is 17.1 Å². The van der Waals surface area contributed by atoms with Crippen molar-refractivity contribution in [3.63, 3.8) is 0 Å². The molecule has 20 heavy (non-hydrogen) atoms. The van der Waals surface area contributed by atoms with Crippen LogP contribution < -0.4 is 5.32 Å². The van der Waals surface area contributed by atoms with E-state index >= 15 is 0 Å². The molecule has 2 rings (SSSR count). The molecule has 0 saturated heterocycles. The molecule has 0 saturated carbocycles. The fourth-order valence-electron chi connectivity index (χ4n) is 1.98. The summed E-state index contributed by atoms with van der Waals surface area (Å²) in [5, 5.41) is 13.3. The maximum Gasteiger partial charge on any atom is 0.196 e. The summed E-state index contributed by atoms with van der Waals surface area (Å²) in [6.07, 6.45) is 0. The number of hydrogen-bond acceptors (Lipinski definition) is 3.